The maximum absolute atomic E-state index is 12.0. The fourth-order valence-electron chi connectivity index (χ4n) is 1.22. The molecule has 0 heterocycles. The van der Waals surface area contributed by atoms with E-state index in [9.17, 15) is 13.2 Å². The Kier molecular flexibility index (Phi) is 4.58. The minimum atomic E-state index is -4.29. The van der Waals surface area contributed by atoms with Crippen molar-refractivity contribution in [1.82, 2.24) is 5.32 Å². The van der Waals surface area contributed by atoms with Gasteiger partial charge in [-0.25, -0.2) is 0 Å². The van der Waals surface area contributed by atoms with E-state index in [4.69, 9.17) is 16.7 Å². The lowest BCUT2D eigenvalue weighted by atomic mass is 10.1. The van der Waals surface area contributed by atoms with E-state index < -0.39 is 25.4 Å². The van der Waals surface area contributed by atoms with Gasteiger partial charge in [-0.3, -0.25) is 5.32 Å². The Morgan fingerprint density at radius 2 is 1.81 bits per heavy atom. The molecular weight excluding hydrogens is 243 g/mol. The van der Waals surface area contributed by atoms with Gasteiger partial charge in [0.25, 0.3) is 0 Å². The molecule has 0 aliphatic carbocycles. The minimum Gasteiger partial charge on any atom is -0.394 e. The average Bonchev–Trinajstić information content (AvgIpc) is 2.20. The maximum Gasteiger partial charge on any atom is 0.401 e. The molecule has 0 saturated heterocycles. The quantitative estimate of drug-likeness (QED) is 0.864. The van der Waals surface area contributed by atoms with Crippen molar-refractivity contribution in [2.75, 3.05) is 13.2 Å². The lowest BCUT2D eigenvalue weighted by molar-refractivity contribution is -0.126. The van der Waals surface area contributed by atoms with E-state index in [1.807, 2.05) is 0 Å². The van der Waals surface area contributed by atoms with Gasteiger partial charge in [0.05, 0.1) is 19.2 Å². The Morgan fingerprint density at radius 3 is 2.25 bits per heavy atom. The van der Waals surface area contributed by atoms with Crippen molar-refractivity contribution in [2.24, 2.45) is 0 Å². The molecule has 1 rings (SSSR count). The lowest BCUT2D eigenvalue weighted by Crippen LogP contribution is -2.33. The molecule has 0 aliphatic heterocycles. The lowest BCUT2D eigenvalue weighted by Gasteiger charge is -2.17. The average molecular weight is 254 g/mol. The number of nitrogens with one attached hydrogen (secondary N) is 1. The number of hydrogen-bond donors (Lipinski definition) is 2. The first-order valence-corrected chi connectivity index (χ1v) is 4.96. The molecule has 0 bridgehead atoms. The topological polar surface area (TPSA) is 32.3 Å². The van der Waals surface area contributed by atoms with Gasteiger partial charge in [-0.15, -0.1) is 0 Å². The van der Waals surface area contributed by atoms with Crippen molar-refractivity contribution in [3.63, 3.8) is 0 Å². The molecule has 1 atom stereocenters. The van der Waals surface area contributed by atoms with E-state index in [2.05, 4.69) is 5.32 Å². The van der Waals surface area contributed by atoms with Crippen LogP contribution in [-0.4, -0.2) is 24.4 Å². The van der Waals surface area contributed by atoms with Crippen LogP contribution in [0, 0.1) is 0 Å². The molecule has 0 amide bonds. The van der Waals surface area contributed by atoms with Crippen LogP contribution in [0.15, 0.2) is 24.3 Å². The second kappa shape index (κ2) is 5.52. The van der Waals surface area contributed by atoms with E-state index >= 15 is 0 Å². The number of rotatable bonds is 4. The second-order valence-corrected chi connectivity index (χ2v) is 3.72. The predicted octanol–water partition coefficient (Wildman–Crippen LogP) is 2.53. The first-order valence-electron chi connectivity index (χ1n) is 4.59. The molecule has 90 valence electrons. The van der Waals surface area contributed by atoms with Crippen LogP contribution >= 0.6 is 11.6 Å². The largest absolute Gasteiger partial charge is 0.401 e. The number of alkyl halides is 3. The Bertz CT molecular complexity index is 326. The van der Waals surface area contributed by atoms with Crippen LogP contribution in [0.2, 0.25) is 5.02 Å². The molecule has 0 spiro atoms. The summed E-state index contributed by atoms with van der Waals surface area (Å²) in [5.74, 6) is 0. The molecule has 2 nitrogen and oxygen atoms in total. The van der Waals surface area contributed by atoms with Crippen molar-refractivity contribution in [1.29, 1.82) is 0 Å². The molecule has 0 fully saturated rings. The summed E-state index contributed by atoms with van der Waals surface area (Å²) in [7, 11) is 0. The molecule has 0 radical (unpaired) electrons. The van der Waals surface area contributed by atoms with Crippen LogP contribution in [0.4, 0.5) is 13.2 Å². The van der Waals surface area contributed by atoms with Crippen molar-refractivity contribution in [2.45, 2.75) is 12.2 Å². The number of aliphatic hydroxyl groups excluding tert-OH is 1. The molecule has 16 heavy (non-hydrogen) atoms. The van der Waals surface area contributed by atoms with Crippen LogP contribution < -0.4 is 5.32 Å². The molecule has 1 aromatic rings. The fraction of sp³-hybridized carbons (Fsp3) is 0.400. The van der Waals surface area contributed by atoms with Gasteiger partial charge in [0.1, 0.15) is 0 Å². The van der Waals surface area contributed by atoms with Gasteiger partial charge in [0.2, 0.25) is 0 Å². The predicted molar refractivity (Wildman–Crippen MR) is 55.3 cm³/mol. The third kappa shape index (κ3) is 4.38. The van der Waals surface area contributed by atoms with Gasteiger partial charge in [0.15, 0.2) is 0 Å². The van der Waals surface area contributed by atoms with Gasteiger partial charge >= 0.3 is 6.18 Å². The summed E-state index contributed by atoms with van der Waals surface area (Å²) >= 11 is 5.65. The van der Waals surface area contributed by atoms with E-state index in [0.717, 1.165) is 0 Å². The SMILES string of the molecule is OCC(NCC(F)(F)F)c1ccc(Cl)cc1. The van der Waals surface area contributed by atoms with Gasteiger partial charge in [-0.05, 0) is 17.7 Å². The third-order valence-electron chi connectivity index (χ3n) is 2.00. The standard InChI is InChI=1S/C10H11ClF3NO/c11-8-3-1-7(2-4-8)9(5-16)15-6-10(12,13)14/h1-4,9,15-16H,5-6H2. The van der Waals surface area contributed by atoms with Gasteiger partial charge < -0.3 is 5.11 Å². The van der Waals surface area contributed by atoms with E-state index in [1.165, 1.54) is 0 Å². The van der Waals surface area contributed by atoms with Crippen molar-refractivity contribution in [3.05, 3.63) is 34.9 Å². The number of benzene rings is 1. The molecule has 2 N–H and O–H groups in total. The first-order chi connectivity index (χ1) is 7.42. The van der Waals surface area contributed by atoms with Crippen LogP contribution in [-0.2, 0) is 0 Å². The number of hydrogen-bond acceptors (Lipinski definition) is 2. The van der Waals surface area contributed by atoms with E-state index in [-0.39, 0.29) is 0 Å². The van der Waals surface area contributed by atoms with Crippen LogP contribution in [0.3, 0.4) is 0 Å². The summed E-state index contributed by atoms with van der Waals surface area (Å²) in [6.45, 7) is -1.54. The van der Waals surface area contributed by atoms with Crippen molar-refractivity contribution >= 4 is 11.6 Å². The summed E-state index contributed by atoms with van der Waals surface area (Å²) in [5, 5.41) is 11.7. The fourth-order valence-corrected chi connectivity index (χ4v) is 1.35. The molecule has 0 saturated carbocycles. The summed E-state index contributed by atoms with van der Waals surface area (Å²) in [5.41, 5.74) is 0.566. The zero-order valence-electron chi connectivity index (χ0n) is 8.26. The molecule has 1 unspecified atom stereocenters. The van der Waals surface area contributed by atoms with E-state index in [0.29, 0.717) is 10.6 Å². The summed E-state index contributed by atoms with van der Waals surface area (Å²) in [4.78, 5) is 0. The first kappa shape index (κ1) is 13.3. The van der Waals surface area contributed by atoms with Crippen LogP contribution in [0.25, 0.3) is 0 Å². The Morgan fingerprint density at radius 1 is 1.25 bits per heavy atom. The molecule has 0 aliphatic rings. The highest BCUT2D eigenvalue weighted by atomic mass is 35.5. The second-order valence-electron chi connectivity index (χ2n) is 3.28. The smallest absolute Gasteiger partial charge is 0.394 e. The van der Waals surface area contributed by atoms with Crippen molar-refractivity contribution in [3.8, 4) is 0 Å². The molecule has 1 aromatic carbocycles. The van der Waals surface area contributed by atoms with Gasteiger partial charge in [-0.1, -0.05) is 23.7 Å². The highest BCUT2D eigenvalue weighted by Gasteiger charge is 2.28. The monoisotopic (exact) mass is 253 g/mol. The van der Waals surface area contributed by atoms with Crippen LogP contribution in [0.1, 0.15) is 11.6 Å². The summed E-state index contributed by atoms with van der Waals surface area (Å²) in [6.07, 6.45) is -4.29. The summed E-state index contributed by atoms with van der Waals surface area (Å²) < 4.78 is 35.9. The molecule has 6 heteroatoms. The van der Waals surface area contributed by atoms with Gasteiger partial charge in [-0.2, -0.15) is 13.2 Å². The highest BCUT2D eigenvalue weighted by Crippen LogP contribution is 2.19. The Labute approximate surface area is 96.0 Å². The Hall–Kier alpha value is -0.780. The minimum absolute atomic E-state index is 0.405. The van der Waals surface area contributed by atoms with E-state index in [1.54, 1.807) is 24.3 Å². The maximum atomic E-state index is 12.0. The molecule has 0 aromatic heterocycles. The third-order valence-corrected chi connectivity index (χ3v) is 2.26. The summed E-state index contributed by atoms with van der Waals surface area (Å²) in [6, 6.07) is 5.54. The van der Waals surface area contributed by atoms with Crippen LogP contribution in [0.5, 0.6) is 0 Å². The highest BCUT2D eigenvalue weighted by molar-refractivity contribution is 6.30. The number of aliphatic hydroxyl groups is 1. The van der Waals surface area contributed by atoms with Gasteiger partial charge in [0, 0.05) is 5.02 Å². The number of halogens is 4. The zero-order valence-corrected chi connectivity index (χ0v) is 9.02. The molecular formula is C10H11ClF3NO. The Balaban J connectivity index is 2.64. The van der Waals surface area contributed by atoms with Crippen molar-refractivity contribution < 1.29 is 18.3 Å². The normalized spacial score (nSPS) is 13.8. The zero-order chi connectivity index (χ0) is 12.2.